The van der Waals surface area contributed by atoms with Gasteiger partial charge in [-0.3, -0.25) is 14.4 Å². The van der Waals surface area contributed by atoms with Gasteiger partial charge in [0.1, 0.15) is 22.5 Å². The number of nitrogens with zero attached hydrogens (tertiary/aromatic N) is 4. The zero-order chi connectivity index (χ0) is 23.6. The molecule has 3 heterocycles. The Labute approximate surface area is 198 Å². The van der Waals surface area contributed by atoms with Crippen molar-refractivity contribution in [2.75, 3.05) is 0 Å². The largest absolute Gasteiger partial charge is 0.462 e. The van der Waals surface area contributed by atoms with E-state index in [0.29, 0.717) is 6.47 Å². The van der Waals surface area contributed by atoms with Crippen LogP contribution >= 0.6 is 22.9 Å². The molecule has 0 aliphatic carbocycles. The molecule has 0 radical (unpaired) electrons. The first kappa shape index (κ1) is 24.1. The van der Waals surface area contributed by atoms with Crippen molar-refractivity contribution in [3.63, 3.8) is 0 Å². The van der Waals surface area contributed by atoms with Crippen LogP contribution in [0.25, 0.3) is 5.00 Å². The maximum Gasteiger partial charge on any atom is 0.293 e. The zero-order valence-corrected chi connectivity index (χ0v) is 21.1. The summed E-state index contributed by atoms with van der Waals surface area (Å²) in [5.74, 6) is 1.83. The summed E-state index contributed by atoms with van der Waals surface area (Å²) >= 11 is 7.87. The Hall–Kier alpha value is -2.51. The Balaban J connectivity index is 0.000000360. The molecule has 1 atom stereocenters. The molecule has 8 heteroatoms. The van der Waals surface area contributed by atoms with Crippen LogP contribution in [0.1, 0.15) is 73.4 Å². The fraction of sp³-hybridized carbons (Fsp3) is 0.417. The van der Waals surface area contributed by atoms with Gasteiger partial charge in [0.2, 0.25) is 0 Å². The van der Waals surface area contributed by atoms with Gasteiger partial charge < -0.3 is 4.74 Å². The molecule has 0 spiro atoms. The predicted molar refractivity (Wildman–Crippen MR) is 130 cm³/mol. The van der Waals surface area contributed by atoms with Crippen LogP contribution in [0, 0.1) is 20.8 Å². The van der Waals surface area contributed by atoms with E-state index >= 15 is 0 Å². The second kappa shape index (κ2) is 9.55. The van der Waals surface area contributed by atoms with Crippen LogP contribution in [0.2, 0.25) is 5.02 Å². The first-order valence-electron chi connectivity index (χ1n) is 10.5. The quantitative estimate of drug-likeness (QED) is 0.427. The molecule has 1 unspecified atom stereocenters. The highest BCUT2D eigenvalue weighted by Gasteiger charge is 2.30. The third-order valence-electron chi connectivity index (χ3n) is 5.15. The number of carbonyl (C=O) groups is 1. The van der Waals surface area contributed by atoms with E-state index in [1.807, 2.05) is 52.0 Å². The van der Waals surface area contributed by atoms with Crippen LogP contribution in [0.15, 0.2) is 29.3 Å². The van der Waals surface area contributed by atoms with E-state index in [1.165, 1.54) is 16.0 Å². The number of rotatable bonds is 3. The van der Waals surface area contributed by atoms with Crippen molar-refractivity contribution in [1.82, 2.24) is 14.8 Å². The van der Waals surface area contributed by atoms with Crippen molar-refractivity contribution >= 4 is 35.1 Å². The van der Waals surface area contributed by atoms with Gasteiger partial charge in [0.05, 0.1) is 5.71 Å². The maximum absolute atomic E-state index is 9.60. The summed E-state index contributed by atoms with van der Waals surface area (Å²) in [4.78, 5) is 16.0. The molecule has 1 aliphatic heterocycles. The molecule has 0 N–H and O–H groups in total. The number of halogens is 1. The first-order chi connectivity index (χ1) is 15.1. The Morgan fingerprint density at radius 3 is 2.34 bits per heavy atom. The molecule has 4 rings (SSSR count). The number of hydrogen-bond donors (Lipinski definition) is 0. The molecule has 6 nitrogen and oxygen atoms in total. The molecule has 0 fully saturated rings. The lowest BCUT2D eigenvalue weighted by Crippen LogP contribution is -2.17. The van der Waals surface area contributed by atoms with Gasteiger partial charge in [-0.2, -0.15) is 0 Å². The number of fused-ring (bicyclic) bond motifs is 3. The van der Waals surface area contributed by atoms with Crippen LogP contribution < -0.4 is 0 Å². The Morgan fingerprint density at radius 2 is 1.81 bits per heavy atom. The highest BCUT2D eigenvalue weighted by atomic mass is 35.5. The lowest BCUT2D eigenvalue weighted by atomic mass is 10.00. The fourth-order valence-corrected chi connectivity index (χ4v) is 4.75. The Kier molecular flexibility index (Phi) is 7.20. The van der Waals surface area contributed by atoms with Crippen LogP contribution in [0.5, 0.6) is 0 Å². The summed E-state index contributed by atoms with van der Waals surface area (Å²) in [6.07, 6.45) is 0.877. The summed E-state index contributed by atoms with van der Waals surface area (Å²) in [5.41, 5.74) is 4.24. The Morgan fingerprint density at radius 1 is 1.16 bits per heavy atom. The maximum atomic E-state index is 9.60. The van der Waals surface area contributed by atoms with Crippen LogP contribution in [-0.2, 0) is 9.53 Å². The van der Waals surface area contributed by atoms with E-state index in [1.54, 1.807) is 11.3 Å². The van der Waals surface area contributed by atoms with Crippen molar-refractivity contribution in [3.05, 3.63) is 62.5 Å². The molecule has 0 saturated heterocycles. The van der Waals surface area contributed by atoms with Gasteiger partial charge in [-0.25, -0.2) is 0 Å². The van der Waals surface area contributed by atoms with Gasteiger partial charge in [-0.1, -0.05) is 30.7 Å². The Bertz CT molecular complexity index is 1140. The van der Waals surface area contributed by atoms with Gasteiger partial charge in [-0.05, 0) is 65.7 Å². The topological polar surface area (TPSA) is 69.4 Å². The average Bonchev–Trinajstić information content (AvgIpc) is 3.18. The zero-order valence-electron chi connectivity index (χ0n) is 19.6. The molecule has 0 bridgehead atoms. The van der Waals surface area contributed by atoms with Crippen molar-refractivity contribution < 1.29 is 9.53 Å². The van der Waals surface area contributed by atoms with Crippen molar-refractivity contribution in [2.24, 2.45) is 4.99 Å². The minimum atomic E-state index is -0.318. The van der Waals surface area contributed by atoms with E-state index < -0.39 is 0 Å². The monoisotopic (exact) mass is 472 g/mol. The van der Waals surface area contributed by atoms with Gasteiger partial charge in [0.15, 0.2) is 5.82 Å². The van der Waals surface area contributed by atoms with Crippen LogP contribution in [-0.4, -0.2) is 32.5 Å². The summed E-state index contributed by atoms with van der Waals surface area (Å²) in [5, 5.41) is 10.7. The van der Waals surface area contributed by atoms with E-state index in [2.05, 4.69) is 40.3 Å². The molecule has 1 aliphatic rings. The predicted octanol–water partition coefficient (Wildman–Crippen LogP) is 6.17. The first-order valence-corrected chi connectivity index (χ1v) is 11.7. The van der Waals surface area contributed by atoms with E-state index in [9.17, 15) is 4.79 Å². The lowest BCUT2D eigenvalue weighted by molar-refractivity contribution is -0.138. The van der Waals surface area contributed by atoms with E-state index in [4.69, 9.17) is 16.6 Å². The third kappa shape index (κ3) is 4.94. The van der Waals surface area contributed by atoms with Crippen LogP contribution in [0.4, 0.5) is 0 Å². The number of aryl methyl sites for hydroxylation is 2. The van der Waals surface area contributed by atoms with Crippen molar-refractivity contribution in [2.45, 2.75) is 66.5 Å². The highest BCUT2D eigenvalue weighted by molar-refractivity contribution is 7.15. The smallest absolute Gasteiger partial charge is 0.293 e. The molecule has 3 aromatic rings. The van der Waals surface area contributed by atoms with Crippen LogP contribution in [0.3, 0.4) is 0 Å². The second-order valence-corrected chi connectivity index (χ2v) is 10.3. The number of hydrogen-bond acceptors (Lipinski definition) is 6. The van der Waals surface area contributed by atoms with Gasteiger partial charge in [-0.15, -0.1) is 21.5 Å². The molecule has 1 aromatic carbocycles. The van der Waals surface area contributed by atoms with E-state index in [0.717, 1.165) is 39.4 Å². The standard InChI is InChI=1S/C19H19ClN4S.C5H10O2/c1-5-15-18-23-22-12(4)24(18)19-16(10(2)11(3)25-19)17(21-15)13-6-8-14(20)9-7-13;1-5(2,3)7-4-6/h6-9,15H,5H2,1-4H3;4H,1-3H3. The number of benzene rings is 1. The number of aliphatic imine (C=N–C) groups is 1. The minimum absolute atomic E-state index is 0.00816. The fourth-order valence-electron chi connectivity index (χ4n) is 3.41. The summed E-state index contributed by atoms with van der Waals surface area (Å²) in [6.45, 7) is 14.4. The molecular formula is C24H29ClN4O2S. The molecule has 0 saturated carbocycles. The molecule has 2 aromatic heterocycles. The van der Waals surface area contributed by atoms with Crippen molar-refractivity contribution in [1.29, 1.82) is 0 Å². The molecule has 170 valence electrons. The normalized spacial score (nSPS) is 15.0. The second-order valence-electron chi connectivity index (χ2n) is 8.64. The lowest BCUT2D eigenvalue weighted by Gasteiger charge is -2.14. The van der Waals surface area contributed by atoms with E-state index in [-0.39, 0.29) is 11.6 Å². The third-order valence-corrected chi connectivity index (χ3v) is 6.59. The highest BCUT2D eigenvalue weighted by Crippen LogP contribution is 2.39. The molecular weight excluding hydrogens is 444 g/mol. The molecule has 32 heavy (non-hydrogen) atoms. The summed E-state index contributed by atoms with van der Waals surface area (Å²) in [6, 6.07) is 7.92. The summed E-state index contributed by atoms with van der Waals surface area (Å²) < 4.78 is 6.73. The number of thiophene rings is 1. The molecule has 0 amide bonds. The number of carbonyl (C=O) groups excluding carboxylic acids is 1. The number of ether oxygens (including phenoxy) is 1. The van der Waals surface area contributed by atoms with Gasteiger partial charge >= 0.3 is 0 Å². The average molecular weight is 473 g/mol. The minimum Gasteiger partial charge on any atom is -0.462 e. The van der Waals surface area contributed by atoms with Gasteiger partial charge in [0, 0.05) is 21.0 Å². The number of aromatic nitrogens is 3. The SMILES string of the molecule is CC(C)(C)OC=O.CCC1N=C(c2ccc(Cl)cc2)c2c(sc(C)c2C)-n2c(C)nnc21. The van der Waals surface area contributed by atoms with Crippen molar-refractivity contribution in [3.8, 4) is 5.00 Å². The summed E-state index contributed by atoms with van der Waals surface area (Å²) in [7, 11) is 0. The van der Waals surface area contributed by atoms with Gasteiger partial charge in [0.25, 0.3) is 6.47 Å².